The maximum absolute atomic E-state index is 5.73. The second-order valence-electron chi connectivity index (χ2n) is 6.89. The summed E-state index contributed by atoms with van der Waals surface area (Å²) in [5.74, 6) is 4.19. The van der Waals surface area contributed by atoms with E-state index in [2.05, 4.69) is 15.7 Å². The van der Waals surface area contributed by atoms with E-state index in [0.29, 0.717) is 12.1 Å². The molecule has 4 saturated carbocycles. The van der Waals surface area contributed by atoms with Crippen LogP contribution >= 0.6 is 0 Å². The Labute approximate surface area is 109 Å². The van der Waals surface area contributed by atoms with Gasteiger partial charge >= 0.3 is 0 Å². The molecule has 98 valence electrons. The molecule has 0 saturated heterocycles. The first-order valence-corrected chi connectivity index (χ1v) is 7.52. The predicted molar refractivity (Wildman–Crippen MR) is 71.1 cm³/mol. The summed E-state index contributed by atoms with van der Waals surface area (Å²) in [6.45, 7) is 0.712. The van der Waals surface area contributed by atoms with Gasteiger partial charge in [-0.3, -0.25) is 0 Å². The van der Waals surface area contributed by atoms with Gasteiger partial charge in [-0.2, -0.15) is 0 Å². The van der Waals surface area contributed by atoms with Crippen molar-refractivity contribution in [2.45, 2.75) is 50.5 Å². The first-order valence-electron chi connectivity index (χ1n) is 7.52. The van der Waals surface area contributed by atoms with Crippen molar-refractivity contribution in [3.63, 3.8) is 0 Å². The lowest BCUT2D eigenvalue weighted by molar-refractivity contribution is -0.0443. The third-order valence-corrected chi connectivity index (χ3v) is 5.60. The van der Waals surface area contributed by atoms with Crippen molar-refractivity contribution < 1.29 is 0 Å². The van der Waals surface area contributed by atoms with Gasteiger partial charge < -0.3 is 10.3 Å². The van der Waals surface area contributed by atoms with Crippen molar-refractivity contribution in [2.24, 2.45) is 23.5 Å². The lowest BCUT2D eigenvalue weighted by atomic mass is 9.53. The van der Waals surface area contributed by atoms with E-state index in [0.717, 1.165) is 24.2 Å². The van der Waals surface area contributed by atoms with Crippen LogP contribution in [0.2, 0.25) is 0 Å². The monoisotopic (exact) mass is 245 g/mol. The Balaban J connectivity index is 1.72. The van der Waals surface area contributed by atoms with E-state index in [1.54, 1.807) is 0 Å². The molecule has 0 aliphatic heterocycles. The average molecular weight is 245 g/mol. The molecular formula is C15H23N3. The number of nitrogens with zero attached hydrogens (tertiary/aromatic N) is 2. The van der Waals surface area contributed by atoms with Gasteiger partial charge in [0.25, 0.3) is 0 Å². The van der Waals surface area contributed by atoms with Crippen LogP contribution in [-0.4, -0.2) is 16.1 Å². The van der Waals surface area contributed by atoms with Gasteiger partial charge in [-0.1, -0.05) is 0 Å². The molecule has 1 heterocycles. The highest BCUT2D eigenvalue weighted by atomic mass is 15.1. The normalized spacial score (nSPS) is 41.5. The highest BCUT2D eigenvalue weighted by molar-refractivity contribution is 5.10. The summed E-state index contributed by atoms with van der Waals surface area (Å²) in [6.07, 6.45) is 13.8. The van der Waals surface area contributed by atoms with Gasteiger partial charge in [-0.05, 0) is 62.8 Å². The highest BCUT2D eigenvalue weighted by Gasteiger charge is 2.52. The minimum atomic E-state index is 0.412. The van der Waals surface area contributed by atoms with E-state index in [1.807, 2.05) is 6.20 Å². The van der Waals surface area contributed by atoms with Crippen LogP contribution in [0.1, 0.15) is 44.3 Å². The zero-order valence-corrected chi connectivity index (χ0v) is 11.0. The summed E-state index contributed by atoms with van der Waals surface area (Å²) in [5.41, 5.74) is 6.14. The molecular weight excluding hydrogens is 222 g/mol. The molecule has 0 spiro atoms. The molecule has 1 aromatic rings. The van der Waals surface area contributed by atoms with Crippen LogP contribution in [0.15, 0.2) is 12.4 Å². The van der Waals surface area contributed by atoms with E-state index < -0.39 is 0 Å². The van der Waals surface area contributed by atoms with Gasteiger partial charge in [0.15, 0.2) is 0 Å². The zero-order chi connectivity index (χ0) is 12.2. The van der Waals surface area contributed by atoms with E-state index in [4.69, 9.17) is 5.73 Å². The van der Waals surface area contributed by atoms with E-state index >= 15 is 0 Å². The molecule has 18 heavy (non-hydrogen) atoms. The number of hydrogen-bond donors (Lipinski definition) is 1. The van der Waals surface area contributed by atoms with Gasteiger partial charge in [-0.15, -0.1) is 0 Å². The summed E-state index contributed by atoms with van der Waals surface area (Å²) in [7, 11) is 0. The fraction of sp³-hybridized carbons (Fsp3) is 0.800. The summed E-state index contributed by atoms with van der Waals surface area (Å²) in [4.78, 5) is 4.55. The summed E-state index contributed by atoms with van der Waals surface area (Å²) in [5, 5.41) is 0. The molecule has 4 aliphatic carbocycles. The van der Waals surface area contributed by atoms with Crippen LogP contribution in [0.25, 0.3) is 0 Å². The van der Waals surface area contributed by atoms with Crippen molar-refractivity contribution in [3.8, 4) is 0 Å². The molecule has 5 rings (SSSR count). The highest BCUT2D eigenvalue weighted by Crippen LogP contribution is 2.58. The molecule has 0 radical (unpaired) electrons. The molecule has 0 aromatic carbocycles. The summed E-state index contributed by atoms with van der Waals surface area (Å²) < 4.78 is 2.52. The Kier molecular flexibility index (Phi) is 2.35. The third-order valence-electron chi connectivity index (χ3n) is 5.60. The predicted octanol–water partition coefficient (Wildman–Crippen LogP) is 2.31. The Morgan fingerprint density at radius 2 is 1.78 bits per heavy atom. The fourth-order valence-corrected chi connectivity index (χ4v) is 5.44. The maximum Gasteiger partial charge on any atom is 0.110 e. The van der Waals surface area contributed by atoms with Crippen LogP contribution in [0.5, 0.6) is 0 Å². The van der Waals surface area contributed by atoms with E-state index in [1.165, 1.54) is 44.3 Å². The minimum absolute atomic E-state index is 0.412. The van der Waals surface area contributed by atoms with Crippen molar-refractivity contribution in [1.82, 2.24) is 9.55 Å². The number of nitrogens with two attached hydrogens (primary N) is 1. The Bertz CT molecular complexity index is 413. The lowest BCUT2D eigenvalue weighted by Gasteiger charge is -2.57. The Morgan fingerprint density at radius 3 is 2.33 bits per heavy atom. The summed E-state index contributed by atoms with van der Waals surface area (Å²) in [6, 6.07) is 0. The second-order valence-corrected chi connectivity index (χ2v) is 6.89. The van der Waals surface area contributed by atoms with Crippen molar-refractivity contribution in [2.75, 3.05) is 6.54 Å². The molecule has 0 amide bonds. The van der Waals surface area contributed by atoms with Crippen molar-refractivity contribution in [3.05, 3.63) is 18.2 Å². The molecule has 3 nitrogen and oxygen atoms in total. The number of imidazole rings is 1. The molecule has 4 bridgehead atoms. The molecule has 4 aliphatic rings. The second kappa shape index (κ2) is 3.83. The number of rotatable bonds is 3. The van der Waals surface area contributed by atoms with Gasteiger partial charge in [0, 0.05) is 24.4 Å². The van der Waals surface area contributed by atoms with Gasteiger partial charge in [0.2, 0.25) is 0 Å². The Morgan fingerprint density at radius 1 is 1.17 bits per heavy atom. The first-order chi connectivity index (χ1) is 8.79. The van der Waals surface area contributed by atoms with Crippen molar-refractivity contribution in [1.29, 1.82) is 0 Å². The average Bonchev–Trinajstić information content (AvgIpc) is 2.76. The smallest absolute Gasteiger partial charge is 0.110 e. The van der Waals surface area contributed by atoms with Crippen LogP contribution in [0, 0.1) is 17.8 Å². The zero-order valence-electron chi connectivity index (χ0n) is 11.0. The molecule has 0 atom stereocenters. The van der Waals surface area contributed by atoms with Gasteiger partial charge in [0.05, 0.1) is 0 Å². The third kappa shape index (κ3) is 1.49. The number of hydrogen-bond acceptors (Lipinski definition) is 2. The largest absolute Gasteiger partial charge is 0.330 e. The first kappa shape index (κ1) is 11.0. The topological polar surface area (TPSA) is 43.8 Å². The lowest BCUT2D eigenvalue weighted by Crippen LogP contribution is -2.52. The summed E-state index contributed by atoms with van der Waals surface area (Å²) >= 11 is 0. The molecule has 2 N–H and O–H groups in total. The standard InChI is InChI=1S/C15H23N3/c16-2-1-14-17-3-4-18(14)15-8-11-5-12(9-15)7-13(6-11)10-15/h3-4,11-13H,1-2,5-10,16H2. The number of aromatic nitrogens is 2. The Hall–Kier alpha value is -0.830. The molecule has 3 heteroatoms. The maximum atomic E-state index is 5.73. The van der Waals surface area contributed by atoms with Crippen molar-refractivity contribution >= 4 is 0 Å². The SMILES string of the molecule is NCCc1nccn1C12CC3CC(CC(C3)C1)C2. The van der Waals surface area contributed by atoms with Crippen LogP contribution in [0.4, 0.5) is 0 Å². The fourth-order valence-electron chi connectivity index (χ4n) is 5.44. The van der Waals surface area contributed by atoms with Crippen LogP contribution in [0.3, 0.4) is 0 Å². The van der Waals surface area contributed by atoms with Gasteiger partial charge in [-0.25, -0.2) is 4.98 Å². The van der Waals surface area contributed by atoms with E-state index in [9.17, 15) is 0 Å². The molecule has 0 unspecified atom stereocenters. The van der Waals surface area contributed by atoms with E-state index in [-0.39, 0.29) is 0 Å². The van der Waals surface area contributed by atoms with Crippen LogP contribution in [-0.2, 0) is 12.0 Å². The quantitative estimate of drug-likeness (QED) is 0.888. The molecule has 4 fully saturated rings. The van der Waals surface area contributed by atoms with Crippen LogP contribution < -0.4 is 5.73 Å². The van der Waals surface area contributed by atoms with Gasteiger partial charge in [0.1, 0.15) is 5.82 Å². The minimum Gasteiger partial charge on any atom is -0.330 e. The molecule has 1 aromatic heterocycles.